The van der Waals surface area contributed by atoms with Crippen molar-refractivity contribution in [2.45, 2.75) is 59.2 Å². The van der Waals surface area contributed by atoms with Crippen molar-refractivity contribution in [1.29, 1.82) is 0 Å². The first-order valence-corrected chi connectivity index (χ1v) is 9.81. The van der Waals surface area contributed by atoms with E-state index in [-0.39, 0.29) is 11.2 Å². The molecule has 2 aromatic rings. The second-order valence-corrected chi connectivity index (χ2v) is 8.59. The lowest BCUT2D eigenvalue weighted by atomic mass is 9.73. The number of hydrogen-bond acceptors (Lipinski definition) is 2. The molecule has 144 valence electrons. The molecule has 2 nitrogen and oxygen atoms in total. The van der Waals surface area contributed by atoms with Crippen LogP contribution in [0.1, 0.15) is 55.5 Å². The monoisotopic (exact) mass is 372 g/mol. The summed E-state index contributed by atoms with van der Waals surface area (Å²) in [6, 6.07) is 12.6. The molecule has 0 atom stereocenters. The number of hydrogen-bond donors (Lipinski definition) is 0. The van der Waals surface area contributed by atoms with Crippen LogP contribution < -0.4 is 5.46 Å². The highest BCUT2D eigenvalue weighted by molar-refractivity contribution is 6.63. The Kier molecular flexibility index (Phi) is 5.57. The summed E-state index contributed by atoms with van der Waals surface area (Å²) in [4.78, 5) is 0. The van der Waals surface area contributed by atoms with Gasteiger partial charge in [-0.1, -0.05) is 53.3 Å². The van der Waals surface area contributed by atoms with E-state index in [1.54, 1.807) is 0 Å². The normalized spacial score (nSPS) is 17.1. The third-order valence-corrected chi connectivity index (χ3v) is 5.65. The Morgan fingerprint density at radius 1 is 0.929 bits per heavy atom. The minimum absolute atomic E-state index is 0.387. The summed E-state index contributed by atoms with van der Waals surface area (Å²) in [5, 5.41) is 0. The zero-order valence-electron chi connectivity index (χ0n) is 17.8. The number of benzene rings is 2. The Morgan fingerprint density at radius 2 is 1.54 bits per heavy atom. The van der Waals surface area contributed by atoms with Crippen molar-refractivity contribution in [2.24, 2.45) is 0 Å². The van der Waals surface area contributed by atoms with E-state index in [2.05, 4.69) is 96.4 Å². The highest BCUT2D eigenvalue weighted by Crippen LogP contribution is 2.37. The fourth-order valence-electron chi connectivity index (χ4n) is 3.29. The molecule has 3 rings (SSSR count). The SMILES string of the molecule is C=CCc1cc(C)cc(B2OC(C)(C)C(C)(C)O2)c1C#Cc1ccc(C)cc1. The zero-order valence-corrected chi connectivity index (χ0v) is 17.8. The highest BCUT2D eigenvalue weighted by atomic mass is 16.7. The standard InChI is InChI=1S/C25H29BO2/c1-8-9-21-16-19(3)17-23(26-27-24(4,5)25(6,7)28-26)22(21)15-14-20-12-10-18(2)11-13-20/h8,10-13,16-17H,1,9H2,2-7H3. The molecule has 1 heterocycles. The Hall–Kier alpha value is -2.28. The van der Waals surface area contributed by atoms with Crippen LogP contribution in [0.5, 0.6) is 0 Å². The highest BCUT2D eigenvalue weighted by Gasteiger charge is 2.52. The predicted octanol–water partition coefficient (Wildman–Crippen LogP) is 4.73. The Bertz CT molecular complexity index is 927. The molecule has 0 bridgehead atoms. The molecule has 3 heteroatoms. The zero-order chi connectivity index (χ0) is 20.5. The van der Waals surface area contributed by atoms with Crippen LogP contribution in [-0.2, 0) is 15.7 Å². The van der Waals surface area contributed by atoms with Crippen LogP contribution in [0.15, 0.2) is 49.1 Å². The van der Waals surface area contributed by atoms with Crippen LogP contribution in [0.4, 0.5) is 0 Å². The second kappa shape index (κ2) is 7.62. The minimum Gasteiger partial charge on any atom is -0.399 e. The van der Waals surface area contributed by atoms with Gasteiger partial charge in [-0.3, -0.25) is 0 Å². The molecule has 0 radical (unpaired) electrons. The molecular formula is C25H29BO2. The summed E-state index contributed by atoms with van der Waals surface area (Å²) >= 11 is 0. The van der Waals surface area contributed by atoms with E-state index in [1.807, 2.05) is 6.08 Å². The van der Waals surface area contributed by atoms with Crippen molar-refractivity contribution in [3.8, 4) is 11.8 Å². The van der Waals surface area contributed by atoms with E-state index < -0.39 is 7.12 Å². The van der Waals surface area contributed by atoms with E-state index in [0.717, 1.165) is 28.6 Å². The summed E-state index contributed by atoms with van der Waals surface area (Å²) in [5.41, 5.74) is 5.74. The molecule has 0 N–H and O–H groups in total. The molecule has 1 aliphatic rings. The Labute approximate surface area is 170 Å². The second-order valence-electron chi connectivity index (χ2n) is 8.59. The quantitative estimate of drug-likeness (QED) is 0.441. The number of rotatable bonds is 3. The summed E-state index contributed by atoms with van der Waals surface area (Å²) in [7, 11) is -0.434. The molecular weight excluding hydrogens is 343 g/mol. The van der Waals surface area contributed by atoms with Gasteiger partial charge in [-0.15, -0.1) is 6.58 Å². The number of aryl methyl sites for hydroxylation is 2. The fraction of sp³-hybridized carbons (Fsp3) is 0.360. The van der Waals surface area contributed by atoms with Crippen molar-refractivity contribution in [1.82, 2.24) is 0 Å². The van der Waals surface area contributed by atoms with Gasteiger partial charge < -0.3 is 9.31 Å². The number of allylic oxidation sites excluding steroid dienone is 1. The maximum Gasteiger partial charge on any atom is 0.496 e. The molecule has 0 spiro atoms. The van der Waals surface area contributed by atoms with Gasteiger partial charge in [0, 0.05) is 11.1 Å². The van der Waals surface area contributed by atoms with E-state index in [9.17, 15) is 0 Å². The Balaban J connectivity index is 2.10. The maximum absolute atomic E-state index is 6.33. The first-order valence-electron chi connectivity index (χ1n) is 9.81. The molecule has 0 amide bonds. The molecule has 0 saturated carbocycles. The van der Waals surface area contributed by atoms with Gasteiger partial charge >= 0.3 is 7.12 Å². The van der Waals surface area contributed by atoms with Gasteiger partial charge in [0.25, 0.3) is 0 Å². The summed E-state index contributed by atoms with van der Waals surface area (Å²) in [6.45, 7) is 16.4. The van der Waals surface area contributed by atoms with Crippen LogP contribution >= 0.6 is 0 Å². The average Bonchev–Trinajstić information content (AvgIpc) is 2.83. The van der Waals surface area contributed by atoms with Crippen molar-refractivity contribution in [3.63, 3.8) is 0 Å². The van der Waals surface area contributed by atoms with E-state index in [0.29, 0.717) is 0 Å². The van der Waals surface area contributed by atoms with Gasteiger partial charge in [-0.25, -0.2) is 0 Å². The van der Waals surface area contributed by atoms with Gasteiger partial charge in [0.15, 0.2) is 0 Å². The molecule has 0 aliphatic carbocycles. The molecule has 0 aromatic heterocycles. The maximum atomic E-state index is 6.33. The van der Waals surface area contributed by atoms with Gasteiger partial charge in [-0.2, -0.15) is 0 Å². The van der Waals surface area contributed by atoms with Crippen LogP contribution in [0.3, 0.4) is 0 Å². The van der Waals surface area contributed by atoms with Crippen molar-refractivity contribution >= 4 is 12.6 Å². The van der Waals surface area contributed by atoms with E-state index in [4.69, 9.17) is 9.31 Å². The van der Waals surface area contributed by atoms with Gasteiger partial charge in [0.05, 0.1) is 11.2 Å². The summed E-state index contributed by atoms with van der Waals surface area (Å²) < 4.78 is 12.7. The van der Waals surface area contributed by atoms with Crippen LogP contribution in [0.25, 0.3) is 0 Å². The van der Waals surface area contributed by atoms with Gasteiger partial charge in [-0.05, 0) is 71.1 Å². The lowest BCUT2D eigenvalue weighted by Crippen LogP contribution is -2.41. The first kappa shape index (κ1) is 20.5. The van der Waals surface area contributed by atoms with Crippen molar-refractivity contribution in [2.75, 3.05) is 0 Å². The first-order chi connectivity index (χ1) is 13.1. The predicted molar refractivity (Wildman–Crippen MR) is 118 cm³/mol. The van der Waals surface area contributed by atoms with Crippen LogP contribution in [0.2, 0.25) is 0 Å². The van der Waals surface area contributed by atoms with Crippen molar-refractivity contribution in [3.05, 3.63) is 76.9 Å². The van der Waals surface area contributed by atoms with E-state index >= 15 is 0 Å². The lowest BCUT2D eigenvalue weighted by molar-refractivity contribution is 0.00578. The van der Waals surface area contributed by atoms with E-state index in [1.165, 1.54) is 11.1 Å². The molecule has 1 saturated heterocycles. The molecule has 0 unspecified atom stereocenters. The van der Waals surface area contributed by atoms with Crippen LogP contribution in [0, 0.1) is 25.7 Å². The van der Waals surface area contributed by atoms with Gasteiger partial charge in [0.1, 0.15) is 0 Å². The Morgan fingerprint density at radius 3 is 2.11 bits per heavy atom. The minimum atomic E-state index is -0.434. The molecule has 2 aromatic carbocycles. The largest absolute Gasteiger partial charge is 0.496 e. The van der Waals surface area contributed by atoms with Crippen LogP contribution in [-0.4, -0.2) is 18.3 Å². The third-order valence-electron chi connectivity index (χ3n) is 5.65. The third kappa shape index (κ3) is 4.09. The van der Waals surface area contributed by atoms with Crippen molar-refractivity contribution < 1.29 is 9.31 Å². The summed E-state index contributed by atoms with van der Waals surface area (Å²) in [6.07, 6.45) is 2.67. The molecule has 28 heavy (non-hydrogen) atoms. The molecule has 1 aliphatic heterocycles. The average molecular weight is 372 g/mol. The smallest absolute Gasteiger partial charge is 0.399 e. The topological polar surface area (TPSA) is 18.5 Å². The lowest BCUT2D eigenvalue weighted by Gasteiger charge is -2.32. The molecule has 1 fully saturated rings. The summed E-state index contributed by atoms with van der Waals surface area (Å²) in [5.74, 6) is 6.72. The fourth-order valence-corrected chi connectivity index (χ4v) is 3.29. The van der Waals surface area contributed by atoms with Gasteiger partial charge in [0.2, 0.25) is 0 Å².